The van der Waals surface area contributed by atoms with Gasteiger partial charge in [-0.05, 0) is 48.9 Å². The van der Waals surface area contributed by atoms with Crippen molar-refractivity contribution in [2.24, 2.45) is 0 Å². The molecule has 3 aromatic rings. The lowest BCUT2D eigenvalue weighted by molar-refractivity contribution is -0.116. The minimum atomic E-state index is -0.0607. The third-order valence-corrected chi connectivity index (χ3v) is 6.71. The number of hydrogen-bond donors (Lipinski definition) is 1. The van der Waals surface area contributed by atoms with Gasteiger partial charge < -0.3 is 10.2 Å². The summed E-state index contributed by atoms with van der Waals surface area (Å²) in [6, 6.07) is 21.3. The average Bonchev–Trinajstić information content (AvgIpc) is 3.20. The van der Waals surface area contributed by atoms with E-state index in [-0.39, 0.29) is 11.8 Å². The van der Waals surface area contributed by atoms with Crippen molar-refractivity contribution in [2.45, 2.75) is 38.8 Å². The molecule has 5 rings (SSSR count). The van der Waals surface area contributed by atoms with E-state index in [0.29, 0.717) is 6.42 Å². The number of fused-ring (bicyclic) bond motifs is 1. The fraction of sp³-hybridized carbons (Fsp3) is 0.240. The molecule has 0 fully saturated rings. The number of allylic oxidation sites excluding steroid dienone is 1. The Kier molecular flexibility index (Phi) is 4.72. The summed E-state index contributed by atoms with van der Waals surface area (Å²) in [7, 11) is 0. The molecule has 146 valence electrons. The average molecular weight is 401 g/mol. The first-order valence-corrected chi connectivity index (χ1v) is 11.1. The first-order chi connectivity index (χ1) is 14.2. The topological polar surface area (TPSA) is 32.3 Å². The fourth-order valence-corrected chi connectivity index (χ4v) is 5.37. The summed E-state index contributed by atoms with van der Waals surface area (Å²) < 4.78 is 0. The van der Waals surface area contributed by atoms with Gasteiger partial charge in [0.15, 0.2) is 5.78 Å². The van der Waals surface area contributed by atoms with E-state index in [2.05, 4.69) is 83.2 Å². The van der Waals surface area contributed by atoms with Crippen LogP contribution in [0.3, 0.4) is 0 Å². The van der Waals surface area contributed by atoms with Crippen LogP contribution in [-0.4, -0.2) is 5.78 Å². The smallest absolute Gasteiger partial charge is 0.163 e. The third kappa shape index (κ3) is 3.38. The van der Waals surface area contributed by atoms with Gasteiger partial charge in [0.2, 0.25) is 0 Å². The number of aryl methyl sites for hydroxylation is 1. The highest BCUT2D eigenvalue weighted by Gasteiger charge is 2.37. The van der Waals surface area contributed by atoms with E-state index in [4.69, 9.17) is 0 Å². The largest absolute Gasteiger partial charge is 0.357 e. The van der Waals surface area contributed by atoms with Crippen LogP contribution in [0.25, 0.3) is 0 Å². The van der Waals surface area contributed by atoms with E-state index in [1.54, 1.807) is 11.3 Å². The molecule has 0 amide bonds. The number of nitrogens with zero attached hydrogens (tertiary/aromatic N) is 1. The lowest BCUT2D eigenvalue weighted by Gasteiger charge is -2.34. The molecule has 3 nitrogen and oxygen atoms in total. The van der Waals surface area contributed by atoms with Gasteiger partial charge in [0.1, 0.15) is 0 Å². The van der Waals surface area contributed by atoms with Crippen LogP contribution in [0.4, 0.5) is 11.4 Å². The highest BCUT2D eigenvalue weighted by atomic mass is 32.1. The van der Waals surface area contributed by atoms with Crippen LogP contribution in [0, 0.1) is 6.92 Å². The molecule has 0 saturated carbocycles. The minimum absolute atomic E-state index is 0.0607. The molecule has 1 aliphatic heterocycles. The summed E-state index contributed by atoms with van der Waals surface area (Å²) in [5.74, 6) is 0.277. The number of thiophene rings is 1. The maximum absolute atomic E-state index is 13.2. The van der Waals surface area contributed by atoms with E-state index in [9.17, 15) is 4.79 Å². The van der Waals surface area contributed by atoms with E-state index in [0.717, 1.165) is 42.0 Å². The van der Waals surface area contributed by atoms with E-state index in [1.165, 1.54) is 16.0 Å². The Hall–Kier alpha value is -2.85. The molecule has 4 heteroatoms. The summed E-state index contributed by atoms with van der Waals surface area (Å²) in [5.41, 5.74) is 6.79. The number of carbonyl (C=O) groups is 1. The van der Waals surface area contributed by atoms with Gasteiger partial charge in [-0.1, -0.05) is 48.0 Å². The molecule has 0 spiro atoms. The van der Waals surface area contributed by atoms with Gasteiger partial charge in [-0.15, -0.1) is 11.3 Å². The Balaban J connectivity index is 1.71. The van der Waals surface area contributed by atoms with Crippen LogP contribution in [-0.2, 0) is 11.3 Å². The minimum Gasteiger partial charge on any atom is -0.357 e. The summed E-state index contributed by atoms with van der Waals surface area (Å²) >= 11 is 1.73. The van der Waals surface area contributed by atoms with Crippen molar-refractivity contribution in [3.8, 4) is 0 Å². The van der Waals surface area contributed by atoms with E-state index < -0.39 is 0 Å². The highest BCUT2D eigenvalue weighted by molar-refractivity contribution is 7.10. The molecule has 0 radical (unpaired) electrons. The Bertz CT molecular complexity index is 1080. The van der Waals surface area contributed by atoms with Crippen molar-refractivity contribution in [3.05, 3.63) is 93.3 Å². The predicted octanol–water partition coefficient (Wildman–Crippen LogP) is 6.24. The molecule has 0 unspecified atom stereocenters. The molecule has 1 aliphatic carbocycles. The second kappa shape index (κ2) is 7.53. The zero-order chi connectivity index (χ0) is 19.8. The normalized spacial score (nSPS) is 18.7. The van der Waals surface area contributed by atoms with Crippen molar-refractivity contribution in [1.29, 1.82) is 0 Å². The quantitative estimate of drug-likeness (QED) is 0.565. The SMILES string of the molecule is Cc1cccc(CN2c3ccccc3NC3=C(C(=O)CCC3)[C@H]2c2cccs2)c1. The van der Waals surface area contributed by atoms with Gasteiger partial charge >= 0.3 is 0 Å². The highest BCUT2D eigenvalue weighted by Crippen LogP contribution is 2.46. The molecular weight excluding hydrogens is 376 g/mol. The number of rotatable bonds is 3. The monoisotopic (exact) mass is 400 g/mol. The molecule has 0 saturated heterocycles. The molecule has 2 aromatic carbocycles. The molecule has 2 heterocycles. The van der Waals surface area contributed by atoms with Gasteiger partial charge in [-0.25, -0.2) is 0 Å². The maximum atomic E-state index is 13.2. The van der Waals surface area contributed by atoms with Crippen LogP contribution in [0.15, 0.2) is 77.3 Å². The standard InChI is InChI=1S/C25H24N2OS/c1-17-7-4-8-18(15-17)16-27-21-11-3-2-9-19(21)26-20-10-5-12-22(28)24(20)25(27)23-13-6-14-29-23/h2-4,6-9,11,13-15,25-26H,5,10,12,16H2,1H3/t25-/m1/s1. The second-order valence-electron chi connectivity index (χ2n) is 7.85. The van der Waals surface area contributed by atoms with Crippen molar-refractivity contribution >= 4 is 28.5 Å². The van der Waals surface area contributed by atoms with Crippen LogP contribution in [0.1, 0.15) is 41.3 Å². The molecule has 0 bridgehead atoms. The number of benzene rings is 2. The predicted molar refractivity (Wildman–Crippen MR) is 120 cm³/mol. The van der Waals surface area contributed by atoms with Crippen molar-refractivity contribution in [2.75, 3.05) is 10.2 Å². The summed E-state index contributed by atoms with van der Waals surface area (Å²) in [5, 5.41) is 5.74. The number of ketones is 1. The number of carbonyl (C=O) groups excluding carboxylic acids is 1. The lowest BCUT2D eigenvalue weighted by atomic mass is 9.88. The summed E-state index contributed by atoms with van der Waals surface area (Å²) in [4.78, 5) is 16.8. The molecule has 1 aromatic heterocycles. The van der Waals surface area contributed by atoms with Crippen LogP contribution >= 0.6 is 11.3 Å². The zero-order valence-electron chi connectivity index (χ0n) is 16.5. The first-order valence-electron chi connectivity index (χ1n) is 10.2. The van der Waals surface area contributed by atoms with E-state index in [1.807, 2.05) is 0 Å². The van der Waals surface area contributed by atoms with Gasteiger partial charge in [0.25, 0.3) is 0 Å². The first kappa shape index (κ1) is 18.2. The number of para-hydroxylation sites is 2. The van der Waals surface area contributed by atoms with Crippen molar-refractivity contribution in [3.63, 3.8) is 0 Å². The lowest BCUT2D eigenvalue weighted by Crippen LogP contribution is -2.32. The summed E-state index contributed by atoms with van der Waals surface area (Å²) in [6.45, 7) is 2.89. The second-order valence-corrected chi connectivity index (χ2v) is 8.83. The molecule has 1 N–H and O–H groups in total. The zero-order valence-corrected chi connectivity index (χ0v) is 17.3. The number of Topliss-reactive ketones (excluding diaryl/α,β-unsaturated/α-hetero) is 1. The van der Waals surface area contributed by atoms with E-state index >= 15 is 0 Å². The summed E-state index contributed by atoms with van der Waals surface area (Å²) in [6.07, 6.45) is 2.48. The maximum Gasteiger partial charge on any atom is 0.163 e. The van der Waals surface area contributed by atoms with Crippen molar-refractivity contribution < 1.29 is 4.79 Å². The molecule has 2 aliphatic rings. The Morgan fingerprint density at radius 3 is 2.79 bits per heavy atom. The van der Waals surface area contributed by atoms with Gasteiger partial charge in [-0.3, -0.25) is 4.79 Å². The van der Waals surface area contributed by atoms with Crippen molar-refractivity contribution in [1.82, 2.24) is 0 Å². The fourth-order valence-electron chi connectivity index (χ4n) is 4.52. The number of hydrogen-bond acceptors (Lipinski definition) is 4. The van der Waals surface area contributed by atoms with Gasteiger partial charge in [-0.2, -0.15) is 0 Å². The van der Waals surface area contributed by atoms with Crippen LogP contribution < -0.4 is 10.2 Å². The Morgan fingerprint density at radius 2 is 1.97 bits per heavy atom. The van der Waals surface area contributed by atoms with Gasteiger partial charge in [0.05, 0.1) is 17.4 Å². The molecular formula is C25H24N2OS. The van der Waals surface area contributed by atoms with Crippen LogP contribution in [0.2, 0.25) is 0 Å². The number of nitrogens with one attached hydrogen (secondary N) is 1. The number of anilines is 2. The Morgan fingerprint density at radius 1 is 1.07 bits per heavy atom. The Labute approximate surface area is 175 Å². The molecule has 29 heavy (non-hydrogen) atoms. The third-order valence-electron chi connectivity index (χ3n) is 5.79. The van der Waals surface area contributed by atoms with Gasteiger partial charge in [0, 0.05) is 29.1 Å². The molecule has 1 atom stereocenters. The van der Waals surface area contributed by atoms with Crippen LogP contribution in [0.5, 0.6) is 0 Å².